The molecule has 0 radical (unpaired) electrons. The molecule has 120 valence electrons. The number of nitrogens with zero attached hydrogens (tertiary/aromatic N) is 2. The predicted molar refractivity (Wildman–Crippen MR) is 93.7 cm³/mol. The number of carbonyl (C=O) groups is 2. The van der Waals surface area contributed by atoms with Crippen molar-refractivity contribution in [3.8, 4) is 0 Å². The molecule has 0 spiro atoms. The van der Waals surface area contributed by atoms with Crippen LogP contribution in [0.2, 0.25) is 0 Å². The molecule has 0 bridgehead atoms. The number of ether oxygens (including phenoxy) is 1. The Kier molecular flexibility index (Phi) is 5.09. The van der Waals surface area contributed by atoms with E-state index in [-0.39, 0.29) is 18.4 Å². The molecule has 0 unspecified atom stereocenters. The number of amides is 2. The Labute approximate surface area is 144 Å². The van der Waals surface area contributed by atoms with Crippen molar-refractivity contribution in [2.75, 3.05) is 32.8 Å². The van der Waals surface area contributed by atoms with Gasteiger partial charge in [-0.3, -0.25) is 14.5 Å². The number of hydrogen-bond donors (Lipinski definition) is 0. The van der Waals surface area contributed by atoms with Gasteiger partial charge in [0.2, 0.25) is 5.91 Å². The maximum absolute atomic E-state index is 12.5. The third-order valence-electron chi connectivity index (χ3n) is 3.63. The van der Waals surface area contributed by atoms with E-state index < -0.39 is 0 Å². The average Bonchev–Trinajstić information content (AvgIpc) is 2.84. The van der Waals surface area contributed by atoms with Crippen molar-refractivity contribution in [2.24, 2.45) is 0 Å². The molecule has 2 amide bonds. The summed E-state index contributed by atoms with van der Waals surface area (Å²) in [6.07, 6.45) is 1.80. The van der Waals surface area contributed by atoms with Gasteiger partial charge in [0.1, 0.15) is 10.9 Å². The van der Waals surface area contributed by atoms with Gasteiger partial charge in [0.15, 0.2) is 0 Å². The Balaban J connectivity index is 1.69. The smallest absolute Gasteiger partial charge is 0.266 e. The van der Waals surface area contributed by atoms with Crippen molar-refractivity contribution in [1.29, 1.82) is 0 Å². The third kappa shape index (κ3) is 3.80. The highest BCUT2D eigenvalue weighted by Gasteiger charge is 2.34. The van der Waals surface area contributed by atoms with Crippen LogP contribution in [-0.2, 0) is 14.3 Å². The van der Waals surface area contributed by atoms with E-state index in [0.29, 0.717) is 35.5 Å². The zero-order chi connectivity index (χ0) is 16.2. The normalized spacial score (nSPS) is 20.4. The fourth-order valence-corrected chi connectivity index (χ4v) is 3.64. The fourth-order valence-electron chi connectivity index (χ4n) is 2.38. The Morgan fingerprint density at radius 2 is 1.96 bits per heavy atom. The molecule has 2 fully saturated rings. The van der Waals surface area contributed by atoms with Gasteiger partial charge in [0.25, 0.3) is 5.91 Å². The lowest BCUT2D eigenvalue weighted by molar-refractivity contribution is -0.138. The van der Waals surface area contributed by atoms with Crippen molar-refractivity contribution >= 4 is 46.2 Å². The fraction of sp³-hybridized carbons (Fsp3) is 0.312. The number of rotatable bonds is 3. The number of hydrogen-bond acceptors (Lipinski definition) is 5. The van der Waals surface area contributed by atoms with Gasteiger partial charge in [0.05, 0.1) is 18.1 Å². The Bertz CT molecular complexity index is 655. The Morgan fingerprint density at radius 3 is 2.65 bits per heavy atom. The summed E-state index contributed by atoms with van der Waals surface area (Å²) in [5.41, 5.74) is 0.938. The van der Waals surface area contributed by atoms with E-state index in [1.807, 2.05) is 30.3 Å². The molecule has 5 nitrogen and oxygen atoms in total. The minimum Gasteiger partial charge on any atom is -0.378 e. The van der Waals surface area contributed by atoms with Crippen LogP contribution >= 0.6 is 24.0 Å². The number of thiocarbonyl (C=S) groups is 1. The Hall–Kier alpha value is -1.70. The highest BCUT2D eigenvalue weighted by molar-refractivity contribution is 8.26. The zero-order valence-electron chi connectivity index (χ0n) is 12.4. The topological polar surface area (TPSA) is 49.9 Å². The molecule has 1 aromatic carbocycles. The zero-order valence-corrected chi connectivity index (χ0v) is 14.1. The van der Waals surface area contributed by atoms with E-state index in [9.17, 15) is 9.59 Å². The first-order valence-electron chi connectivity index (χ1n) is 7.31. The summed E-state index contributed by atoms with van der Waals surface area (Å²) in [5.74, 6) is -0.295. The van der Waals surface area contributed by atoms with E-state index in [1.165, 1.54) is 16.7 Å². The number of benzene rings is 1. The molecule has 2 aliphatic rings. The Morgan fingerprint density at radius 1 is 1.26 bits per heavy atom. The number of morpholine rings is 1. The maximum atomic E-state index is 12.5. The van der Waals surface area contributed by atoms with Crippen molar-refractivity contribution in [3.05, 3.63) is 40.8 Å². The lowest BCUT2D eigenvalue weighted by Gasteiger charge is -2.28. The SMILES string of the molecule is O=C(CN1C(=O)C(=Cc2ccccc2)SC1=S)N1CCOCC1. The highest BCUT2D eigenvalue weighted by Crippen LogP contribution is 2.32. The third-order valence-corrected chi connectivity index (χ3v) is 5.01. The molecule has 2 heterocycles. The minimum atomic E-state index is -0.203. The monoisotopic (exact) mass is 348 g/mol. The summed E-state index contributed by atoms with van der Waals surface area (Å²) in [7, 11) is 0. The van der Waals surface area contributed by atoms with Crippen LogP contribution in [0, 0.1) is 0 Å². The van der Waals surface area contributed by atoms with Crippen LogP contribution < -0.4 is 0 Å². The van der Waals surface area contributed by atoms with E-state index in [0.717, 1.165) is 5.56 Å². The molecule has 0 atom stereocenters. The van der Waals surface area contributed by atoms with Crippen LogP contribution in [0.25, 0.3) is 6.08 Å². The van der Waals surface area contributed by atoms with E-state index in [1.54, 1.807) is 11.0 Å². The van der Waals surface area contributed by atoms with Gasteiger partial charge in [-0.1, -0.05) is 54.3 Å². The van der Waals surface area contributed by atoms with Gasteiger partial charge >= 0.3 is 0 Å². The first kappa shape index (κ1) is 16.2. The summed E-state index contributed by atoms with van der Waals surface area (Å²) < 4.78 is 5.66. The standard InChI is InChI=1S/C16H16N2O3S2/c19-14(17-6-8-21-9-7-17)11-18-15(20)13(23-16(18)22)10-12-4-2-1-3-5-12/h1-5,10H,6-9,11H2. The van der Waals surface area contributed by atoms with Crippen molar-refractivity contribution < 1.29 is 14.3 Å². The molecule has 0 saturated carbocycles. The molecule has 0 N–H and O–H groups in total. The van der Waals surface area contributed by atoms with Gasteiger partial charge in [-0.05, 0) is 11.6 Å². The minimum absolute atomic E-state index is 0.00318. The first-order chi connectivity index (χ1) is 11.1. The second kappa shape index (κ2) is 7.25. The lowest BCUT2D eigenvalue weighted by atomic mass is 10.2. The first-order valence-corrected chi connectivity index (χ1v) is 8.53. The van der Waals surface area contributed by atoms with Gasteiger partial charge in [0, 0.05) is 13.1 Å². The van der Waals surface area contributed by atoms with E-state index in [2.05, 4.69) is 0 Å². The van der Waals surface area contributed by atoms with Crippen LogP contribution in [0.1, 0.15) is 5.56 Å². The van der Waals surface area contributed by atoms with Gasteiger partial charge in [-0.2, -0.15) is 0 Å². The molecule has 7 heteroatoms. The van der Waals surface area contributed by atoms with Crippen molar-refractivity contribution in [1.82, 2.24) is 9.80 Å². The maximum Gasteiger partial charge on any atom is 0.266 e. The summed E-state index contributed by atoms with van der Waals surface area (Å²) in [6.45, 7) is 2.20. The van der Waals surface area contributed by atoms with Crippen LogP contribution in [0.3, 0.4) is 0 Å². The van der Waals surface area contributed by atoms with Crippen LogP contribution in [0.5, 0.6) is 0 Å². The van der Waals surface area contributed by atoms with Gasteiger partial charge in [-0.25, -0.2) is 0 Å². The van der Waals surface area contributed by atoms with E-state index >= 15 is 0 Å². The molecule has 1 aromatic rings. The molecule has 3 rings (SSSR count). The molecule has 2 aliphatic heterocycles. The molecule has 23 heavy (non-hydrogen) atoms. The largest absolute Gasteiger partial charge is 0.378 e. The second-order valence-electron chi connectivity index (χ2n) is 5.17. The van der Waals surface area contributed by atoms with Crippen LogP contribution in [-0.4, -0.2) is 58.8 Å². The van der Waals surface area contributed by atoms with Gasteiger partial charge in [-0.15, -0.1) is 0 Å². The van der Waals surface area contributed by atoms with Crippen molar-refractivity contribution in [3.63, 3.8) is 0 Å². The molecule has 0 aromatic heterocycles. The van der Waals surface area contributed by atoms with Gasteiger partial charge < -0.3 is 9.64 Å². The molecule has 0 aliphatic carbocycles. The summed E-state index contributed by atoms with van der Waals surface area (Å²) in [5, 5.41) is 0. The van der Waals surface area contributed by atoms with Crippen LogP contribution in [0.4, 0.5) is 0 Å². The predicted octanol–water partition coefficient (Wildman–Crippen LogP) is 1.75. The number of thioether (sulfide) groups is 1. The molecule has 2 saturated heterocycles. The van der Waals surface area contributed by atoms with E-state index in [4.69, 9.17) is 17.0 Å². The molecular formula is C16H16N2O3S2. The van der Waals surface area contributed by atoms with Crippen molar-refractivity contribution in [2.45, 2.75) is 0 Å². The summed E-state index contributed by atoms with van der Waals surface area (Å²) >= 11 is 6.50. The summed E-state index contributed by atoms with van der Waals surface area (Å²) in [4.78, 5) is 28.4. The quantitative estimate of drug-likeness (QED) is 0.615. The highest BCUT2D eigenvalue weighted by atomic mass is 32.2. The number of carbonyl (C=O) groups excluding carboxylic acids is 2. The average molecular weight is 348 g/mol. The second-order valence-corrected chi connectivity index (χ2v) is 6.85. The summed E-state index contributed by atoms with van der Waals surface area (Å²) in [6, 6.07) is 9.59. The van der Waals surface area contributed by atoms with Crippen LogP contribution in [0.15, 0.2) is 35.2 Å². The lowest BCUT2D eigenvalue weighted by Crippen LogP contribution is -2.46. The molecular weight excluding hydrogens is 332 g/mol.